The van der Waals surface area contributed by atoms with Crippen molar-refractivity contribution in [2.24, 2.45) is 0 Å². The lowest BCUT2D eigenvalue weighted by Gasteiger charge is -2.04. The van der Waals surface area contributed by atoms with Gasteiger partial charge in [-0.3, -0.25) is 10.1 Å². The maximum absolute atomic E-state index is 11.0. The summed E-state index contributed by atoms with van der Waals surface area (Å²) < 4.78 is 4.70. The van der Waals surface area contributed by atoms with Crippen molar-refractivity contribution in [3.8, 4) is 12.3 Å². The molecular formula is C9H14N2O4. The Kier molecular flexibility index (Phi) is 8.05. The van der Waals surface area contributed by atoms with Crippen molar-refractivity contribution >= 4 is 11.9 Å². The molecule has 0 aromatic heterocycles. The number of amides is 1. The number of hydrogen-bond acceptors (Lipinski definition) is 4. The average molecular weight is 214 g/mol. The van der Waals surface area contributed by atoms with Gasteiger partial charge in [-0.05, 0) is 0 Å². The largest absolute Gasteiger partial charge is 0.480 e. The maximum Gasteiger partial charge on any atom is 0.329 e. The average Bonchev–Trinajstić information content (AvgIpc) is 2.17. The number of nitrogens with one attached hydrogen (secondary N) is 2. The molecule has 0 aliphatic rings. The third kappa shape index (κ3) is 10.3. The summed E-state index contributed by atoms with van der Waals surface area (Å²) >= 11 is 0. The molecule has 84 valence electrons. The lowest BCUT2D eigenvalue weighted by molar-refractivity contribution is -0.142. The van der Waals surface area contributed by atoms with E-state index < -0.39 is 5.97 Å². The SMILES string of the molecule is C#CCNCC(=O)NCCOCC(=O)O. The zero-order valence-corrected chi connectivity index (χ0v) is 8.28. The second kappa shape index (κ2) is 8.99. The molecule has 1 amide bonds. The summed E-state index contributed by atoms with van der Waals surface area (Å²) in [5.74, 6) is 1.10. The Morgan fingerprint density at radius 3 is 2.80 bits per heavy atom. The lowest BCUT2D eigenvalue weighted by Crippen LogP contribution is -2.35. The van der Waals surface area contributed by atoms with Crippen LogP contribution in [0.4, 0.5) is 0 Å². The van der Waals surface area contributed by atoms with Gasteiger partial charge in [0.1, 0.15) is 6.61 Å². The van der Waals surface area contributed by atoms with Crippen LogP contribution in [0, 0.1) is 12.3 Å². The fourth-order valence-corrected chi connectivity index (χ4v) is 0.733. The van der Waals surface area contributed by atoms with E-state index in [1.54, 1.807) is 0 Å². The van der Waals surface area contributed by atoms with E-state index in [2.05, 4.69) is 16.6 Å². The topological polar surface area (TPSA) is 87.7 Å². The highest BCUT2D eigenvalue weighted by Crippen LogP contribution is 1.73. The van der Waals surface area contributed by atoms with Crippen LogP contribution < -0.4 is 10.6 Å². The van der Waals surface area contributed by atoms with E-state index in [0.717, 1.165) is 0 Å². The molecule has 0 saturated carbocycles. The fourth-order valence-electron chi connectivity index (χ4n) is 0.733. The number of ether oxygens (including phenoxy) is 1. The molecule has 0 heterocycles. The summed E-state index contributed by atoms with van der Waals surface area (Å²) in [6.07, 6.45) is 4.96. The molecule has 0 unspecified atom stereocenters. The molecule has 0 bridgehead atoms. The lowest BCUT2D eigenvalue weighted by atomic mass is 10.5. The first-order chi connectivity index (χ1) is 7.16. The minimum atomic E-state index is -1.03. The number of terminal acetylenes is 1. The molecule has 0 rings (SSSR count). The van der Waals surface area contributed by atoms with Gasteiger partial charge in [0.15, 0.2) is 0 Å². The smallest absolute Gasteiger partial charge is 0.329 e. The summed E-state index contributed by atoms with van der Waals surface area (Å²) in [4.78, 5) is 21.0. The highest BCUT2D eigenvalue weighted by atomic mass is 16.5. The molecule has 0 radical (unpaired) electrons. The van der Waals surface area contributed by atoms with E-state index >= 15 is 0 Å². The highest BCUT2D eigenvalue weighted by molar-refractivity contribution is 5.77. The molecule has 15 heavy (non-hydrogen) atoms. The standard InChI is InChI=1S/C9H14N2O4/c1-2-3-10-6-8(12)11-4-5-15-7-9(13)14/h1,10H,3-7H2,(H,11,12)(H,13,14). The van der Waals surface area contributed by atoms with E-state index in [-0.39, 0.29) is 32.2 Å². The van der Waals surface area contributed by atoms with Crippen molar-refractivity contribution in [1.82, 2.24) is 10.6 Å². The van der Waals surface area contributed by atoms with Gasteiger partial charge in [0.05, 0.1) is 19.7 Å². The fraction of sp³-hybridized carbons (Fsp3) is 0.556. The molecule has 0 aliphatic heterocycles. The molecule has 0 spiro atoms. The normalized spacial score (nSPS) is 9.27. The second-order valence-electron chi connectivity index (χ2n) is 2.60. The van der Waals surface area contributed by atoms with Gasteiger partial charge in [-0.1, -0.05) is 5.92 Å². The van der Waals surface area contributed by atoms with Gasteiger partial charge in [-0.15, -0.1) is 6.42 Å². The van der Waals surface area contributed by atoms with Crippen molar-refractivity contribution in [3.63, 3.8) is 0 Å². The van der Waals surface area contributed by atoms with Crippen molar-refractivity contribution in [1.29, 1.82) is 0 Å². The first-order valence-electron chi connectivity index (χ1n) is 4.37. The zero-order valence-electron chi connectivity index (χ0n) is 8.28. The number of rotatable bonds is 8. The first kappa shape index (κ1) is 13.4. The van der Waals surface area contributed by atoms with Crippen molar-refractivity contribution < 1.29 is 19.4 Å². The van der Waals surface area contributed by atoms with Crippen LogP contribution in [0.15, 0.2) is 0 Å². The van der Waals surface area contributed by atoms with Crippen LogP contribution in [0.1, 0.15) is 0 Å². The Labute approximate surface area is 88.0 Å². The van der Waals surface area contributed by atoms with E-state index in [4.69, 9.17) is 16.3 Å². The molecule has 0 atom stereocenters. The third-order valence-electron chi connectivity index (χ3n) is 1.31. The molecule has 0 aromatic carbocycles. The minimum Gasteiger partial charge on any atom is -0.480 e. The summed E-state index contributed by atoms with van der Waals surface area (Å²) in [6, 6.07) is 0. The van der Waals surface area contributed by atoms with Crippen LogP contribution in [0.5, 0.6) is 0 Å². The number of carbonyl (C=O) groups is 2. The van der Waals surface area contributed by atoms with Crippen LogP contribution in [-0.2, 0) is 14.3 Å². The number of carbonyl (C=O) groups excluding carboxylic acids is 1. The molecule has 0 aromatic rings. The van der Waals surface area contributed by atoms with E-state index in [9.17, 15) is 9.59 Å². The van der Waals surface area contributed by atoms with Crippen LogP contribution in [0.3, 0.4) is 0 Å². The van der Waals surface area contributed by atoms with Gasteiger partial charge >= 0.3 is 5.97 Å². The van der Waals surface area contributed by atoms with Crippen molar-refractivity contribution in [3.05, 3.63) is 0 Å². The summed E-state index contributed by atoms with van der Waals surface area (Å²) in [6.45, 7) is 0.578. The monoisotopic (exact) mass is 214 g/mol. The van der Waals surface area contributed by atoms with Crippen molar-refractivity contribution in [2.75, 3.05) is 32.8 Å². The van der Waals surface area contributed by atoms with Crippen LogP contribution >= 0.6 is 0 Å². The second-order valence-corrected chi connectivity index (χ2v) is 2.60. The minimum absolute atomic E-state index is 0.142. The quantitative estimate of drug-likeness (QED) is 0.335. The van der Waals surface area contributed by atoms with E-state index in [1.807, 2.05) is 0 Å². The van der Waals surface area contributed by atoms with Gasteiger partial charge in [0.25, 0.3) is 0 Å². The van der Waals surface area contributed by atoms with E-state index in [1.165, 1.54) is 0 Å². The molecule has 0 fully saturated rings. The number of carboxylic acids is 1. The number of carboxylic acid groups (broad SMARTS) is 1. The molecule has 6 heteroatoms. The summed E-state index contributed by atoms with van der Waals surface area (Å²) in [5.41, 5.74) is 0. The molecule has 0 aliphatic carbocycles. The van der Waals surface area contributed by atoms with Gasteiger partial charge < -0.3 is 15.2 Å². The zero-order chi connectivity index (χ0) is 11.5. The Hall–Kier alpha value is -1.58. The van der Waals surface area contributed by atoms with Gasteiger partial charge in [0, 0.05) is 6.54 Å². The summed E-state index contributed by atoms with van der Waals surface area (Å²) in [5, 5.41) is 13.5. The highest BCUT2D eigenvalue weighted by Gasteiger charge is 1.99. The molecular weight excluding hydrogens is 200 g/mol. The van der Waals surface area contributed by atoms with Crippen molar-refractivity contribution in [2.45, 2.75) is 0 Å². The summed E-state index contributed by atoms with van der Waals surface area (Å²) in [7, 11) is 0. The third-order valence-corrected chi connectivity index (χ3v) is 1.31. The van der Waals surface area contributed by atoms with Gasteiger partial charge in [-0.2, -0.15) is 0 Å². The maximum atomic E-state index is 11.0. The molecule has 6 nitrogen and oxygen atoms in total. The van der Waals surface area contributed by atoms with Crippen LogP contribution in [0.2, 0.25) is 0 Å². The van der Waals surface area contributed by atoms with Gasteiger partial charge in [0.2, 0.25) is 5.91 Å². The number of aliphatic carboxylic acids is 1. The predicted molar refractivity (Wildman–Crippen MR) is 53.2 cm³/mol. The Morgan fingerprint density at radius 1 is 1.47 bits per heavy atom. The first-order valence-corrected chi connectivity index (χ1v) is 4.37. The van der Waals surface area contributed by atoms with Crippen LogP contribution in [-0.4, -0.2) is 49.8 Å². The number of hydrogen-bond donors (Lipinski definition) is 3. The van der Waals surface area contributed by atoms with E-state index in [0.29, 0.717) is 6.54 Å². The van der Waals surface area contributed by atoms with Gasteiger partial charge in [-0.25, -0.2) is 4.79 Å². The molecule has 3 N–H and O–H groups in total. The Bertz CT molecular complexity index is 247. The Balaban J connectivity index is 3.24. The predicted octanol–water partition coefficient (Wildman–Crippen LogP) is -1.57. The Morgan fingerprint density at radius 2 is 2.20 bits per heavy atom. The molecule has 0 saturated heterocycles. The van der Waals surface area contributed by atoms with Crippen LogP contribution in [0.25, 0.3) is 0 Å².